The number of hydrogen-bond donors (Lipinski definition) is 1. The van der Waals surface area contributed by atoms with Crippen LogP contribution in [0, 0.1) is 11.3 Å². The third-order valence-electron chi connectivity index (χ3n) is 2.04. The molecule has 90 valence electrons. The summed E-state index contributed by atoms with van der Waals surface area (Å²) in [7, 11) is 0. The van der Waals surface area contributed by atoms with Crippen molar-refractivity contribution in [3.05, 3.63) is 0 Å². The molecule has 0 rings (SSSR count). The maximum Gasteiger partial charge on any atom is 0.0858 e. The first kappa shape index (κ1) is 14.6. The molecule has 0 amide bonds. The molecule has 0 bridgehead atoms. The van der Waals surface area contributed by atoms with Crippen LogP contribution in [0.2, 0.25) is 0 Å². The van der Waals surface area contributed by atoms with E-state index in [9.17, 15) is 0 Å². The molecular weight excluding hydrogens is 190 g/mol. The van der Waals surface area contributed by atoms with Crippen LogP contribution in [0.3, 0.4) is 0 Å². The Morgan fingerprint density at radius 3 is 2.47 bits per heavy atom. The highest BCUT2D eigenvalue weighted by Crippen LogP contribution is 2.12. The standard InChI is InChI=1S/C12H25NO2/c1-11(2)6-9-15-12(3,4)10-14-8-5-7-13/h7,11,13H,5-6,8-10H2,1-4H3. The van der Waals surface area contributed by atoms with Gasteiger partial charge < -0.3 is 14.9 Å². The molecule has 0 fully saturated rings. The van der Waals surface area contributed by atoms with Gasteiger partial charge in [-0.25, -0.2) is 0 Å². The largest absolute Gasteiger partial charge is 0.378 e. The van der Waals surface area contributed by atoms with Crippen LogP contribution in [-0.2, 0) is 9.47 Å². The Kier molecular flexibility index (Phi) is 7.61. The number of hydrogen-bond acceptors (Lipinski definition) is 3. The summed E-state index contributed by atoms with van der Waals surface area (Å²) in [4.78, 5) is 0. The van der Waals surface area contributed by atoms with E-state index in [4.69, 9.17) is 14.9 Å². The van der Waals surface area contributed by atoms with Crippen molar-refractivity contribution in [3.8, 4) is 0 Å². The van der Waals surface area contributed by atoms with Crippen LogP contribution in [-0.4, -0.2) is 31.6 Å². The van der Waals surface area contributed by atoms with Crippen LogP contribution in [0.4, 0.5) is 0 Å². The van der Waals surface area contributed by atoms with Gasteiger partial charge in [0.25, 0.3) is 0 Å². The van der Waals surface area contributed by atoms with E-state index in [2.05, 4.69) is 13.8 Å². The Labute approximate surface area is 93.7 Å². The Balaban J connectivity index is 3.52. The van der Waals surface area contributed by atoms with Crippen LogP contribution in [0.1, 0.15) is 40.5 Å². The third kappa shape index (κ3) is 9.88. The fourth-order valence-electron chi connectivity index (χ4n) is 1.07. The number of ether oxygens (including phenoxy) is 2. The lowest BCUT2D eigenvalue weighted by atomic mass is 10.1. The molecule has 0 aliphatic heterocycles. The van der Waals surface area contributed by atoms with Gasteiger partial charge in [0, 0.05) is 13.0 Å². The smallest absolute Gasteiger partial charge is 0.0858 e. The van der Waals surface area contributed by atoms with E-state index in [0.29, 0.717) is 25.6 Å². The predicted octanol–water partition coefficient (Wildman–Crippen LogP) is 2.88. The molecule has 0 aromatic heterocycles. The van der Waals surface area contributed by atoms with E-state index < -0.39 is 0 Å². The van der Waals surface area contributed by atoms with Crippen molar-refractivity contribution in [3.63, 3.8) is 0 Å². The molecule has 3 heteroatoms. The molecule has 0 heterocycles. The van der Waals surface area contributed by atoms with Gasteiger partial charge in [0.1, 0.15) is 0 Å². The summed E-state index contributed by atoms with van der Waals surface area (Å²) in [5.74, 6) is 0.680. The summed E-state index contributed by atoms with van der Waals surface area (Å²) in [6, 6.07) is 0. The lowest BCUT2D eigenvalue weighted by molar-refractivity contribution is -0.0764. The molecule has 0 aliphatic carbocycles. The zero-order chi connectivity index (χ0) is 11.7. The number of rotatable bonds is 9. The average Bonchev–Trinajstić information content (AvgIpc) is 2.11. The third-order valence-corrected chi connectivity index (χ3v) is 2.04. The maximum atomic E-state index is 6.86. The first-order valence-electron chi connectivity index (χ1n) is 5.68. The molecule has 0 saturated carbocycles. The van der Waals surface area contributed by atoms with Crippen molar-refractivity contribution in [2.75, 3.05) is 19.8 Å². The molecule has 0 aliphatic rings. The molecular formula is C12H25NO2. The average molecular weight is 215 g/mol. The molecule has 3 nitrogen and oxygen atoms in total. The monoisotopic (exact) mass is 215 g/mol. The van der Waals surface area contributed by atoms with Crippen molar-refractivity contribution in [1.82, 2.24) is 0 Å². The Morgan fingerprint density at radius 1 is 1.27 bits per heavy atom. The lowest BCUT2D eigenvalue weighted by Crippen LogP contribution is -2.31. The SMILES string of the molecule is CC(C)CCOC(C)(C)COCCC=N. The van der Waals surface area contributed by atoms with E-state index in [-0.39, 0.29) is 5.60 Å². The van der Waals surface area contributed by atoms with Crippen molar-refractivity contribution in [2.45, 2.75) is 46.1 Å². The Hall–Kier alpha value is -0.410. The summed E-state index contributed by atoms with van der Waals surface area (Å²) in [6.07, 6.45) is 3.14. The van der Waals surface area contributed by atoms with Gasteiger partial charge >= 0.3 is 0 Å². The van der Waals surface area contributed by atoms with Crippen LogP contribution < -0.4 is 0 Å². The topological polar surface area (TPSA) is 42.3 Å². The van der Waals surface area contributed by atoms with Crippen molar-refractivity contribution < 1.29 is 9.47 Å². The second kappa shape index (κ2) is 7.83. The van der Waals surface area contributed by atoms with Crippen molar-refractivity contribution >= 4 is 6.21 Å². The zero-order valence-corrected chi connectivity index (χ0v) is 10.5. The second-order valence-electron chi connectivity index (χ2n) is 4.84. The van der Waals surface area contributed by atoms with Crippen LogP contribution >= 0.6 is 0 Å². The summed E-state index contributed by atoms with van der Waals surface area (Å²) in [5.41, 5.74) is -0.211. The molecule has 0 aromatic carbocycles. The van der Waals surface area contributed by atoms with E-state index in [1.807, 2.05) is 13.8 Å². The lowest BCUT2D eigenvalue weighted by Gasteiger charge is -2.25. The quantitative estimate of drug-likeness (QED) is 0.474. The fourth-order valence-corrected chi connectivity index (χ4v) is 1.07. The molecule has 1 N–H and O–H groups in total. The van der Waals surface area contributed by atoms with Crippen molar-refractivity contribution in [1.29, 1.82) is 5.41 Å². The molecule has 0 aromatic rings. The molecule has 0 saturated heterocycles. The molecule has 0 unspecified atom stereocenters. The van der Waals surface area contributed by atoms with Gasteiger partial charge in [-0.2, -0.15) is 0 Å². The normalized spacial score (nSPS) is 12.1. The number of nitrogens with one attached hydrogen (secondary N) is 1. The van der Waals surface area contributed by atoms with Crippen LogP contribution in [0.5, 0.6) is 0 Å². The highest BCUT2D eigenvalue weighted by atomic mass is 16.5. The van der Waals surface area contributed by atoms with E-state index >= 15 is 0 Å². The maximum absolute atomic E-state index is 6.86. The van der Waals surface area contributed by atoms with E-state index in [1.165, 1.54) is 6.21 Å². The Bertz CT molecular complexity index is 167. The molecule has 15 heavy (non-hydrogen) atoms. The first-order chi connectivity index (χ1) is 6.98. The summed E-state index contributed by atoms with van der Waals surface area (Å²) < 4.78 is 11.2. The van der Waals surface area contributed by atoms with Crippen LogP contribution in [0.15, 0.2) is 0 Å². The minimum absolute atomic E-state index is 0.211. The molecule has 0 radical (unpaired) electrons. The summed E-state index contributed by atoms with van der Waals surface area (Å²) >= 11 is 0. The fraction of sp³-hybridized carbons (Fsp3) is 0.917. The predicted molar refractivity (Wildman–Crippen MR) is 63.7 cm³/mol. The van der Waals surface area contributed by atoms with Crippen LogP contribution in [0.25, 0.3) is 0 Å². The minimum Gasteiger partial charge on any atom is -0.378 e. The van der Waals surface area contributed by atoms with E-state index in [0.717, 1.165) is 13.0 Å². The van der Waals surface area contributed by atoms with Gasteiger partial charge in [0.05, 0.1) is 18.8 Å². The minimum atomic E-state index is -0.211. The molecule has 0 atom stereocenters. The van der Waals surface area contributed by atoms with Gasteiger partial charge in [-0.3, -0.25) is 0 Å². The van der Waals surface area contributed by atoms with Gasteiger partial charge in [-0.15, -0.1) is 0 Å². The van der Waals surface area contributed by atoms with Gasteiger partial charge in [0.2, 0.25) is 0 Å². The molecule has 0 spiro atoms. The highest BCUT2D eigenvalue weighted by molar-refractivity contribution is 5.52. The van der Waals surface area contributed by atoms with Gasteiger partial charge in [-0.05, 0) is 32.4 Å². The Morgan fingerprint density at radius 2 is 1.93 bits per heavy atom. The highest BCUT2D eigenvalue weighted by Gasteiger charge is 2.18. The summed E-state index contributed by atoms with van der Waals surface area (Å²) in [5, 5.41) is 6.86. The van der Waals surface area contributed by atoms with Gasteiger partial charge in [-0.1, -0.05) is 13.8 Å². The second-order valence-corrected chi connectivity index (χ2v) is 4.84. The van der Waals surface area contributed by atoms with E-state index in [1.54, 1.807) is 0 Å². The summed E-state index contributed by atoms with van der Waals surface area (Å²) in [6.45, 7) is 10.5. The van der Waals surface area contributed by atoms with Crippen molar-refractivity contribution in [2.24, 2.45) is 5.92 Å². The van der Waals surface area contributed by atoms with Gasteiger partial charge in [0.15, 0.2) is 0 Å². The zero-order valence-electron chi connectivity index (χ0n) is 10.5. The first-order valence-corrected chi connectivity index (χ1v) is 5.68.